The zero-order chi connectivity index (χ0) is 8.74. The summed E-state index contributed by atoms with van der Waals surface area (Å²) in [6.45, 7) is 7.99. The fourth-order valence-electron chi connectivity index (χ4n) is 0.476. The molecule has 0 aromatic rings. The summed E-state index contributed by atoms with van der Waals surface area (Å²) >= 11 is 0. The summed E-state index contributed by atoms with van der Waals surface area (Å²) in [5.74, 6) is 0. The van der Waals surface area contributed by atoms with Crippen LogP contribution in [0.5, 0.6) is 0 Å². The van der Waals surface area contributed by atoms with Gasteiger partial charge in [-0.15, -0.1) is 12.4 Å². The highest BCUT2D eigenvalue weighted by molar-refractivity contribution is 5.85. The second-order valence-corrected chi connectivity index (χ2v) is 3.03. The van der Waals surface area contributed by atoms with Gasteiger partial charge in [0.1, 0.15) is 0 Å². The standard InChI is InChI=1S/C8H15N3.ClH/c1-4-10-7-11-6-5-8(2,3)9;/h4H,1,5-6,9H2,2-3H3;1H. The first-order valence-electron chi connectivity index (χ1n) is 3.57. The molecular formula is C8H16ClN3. The maximum absolute atomic E-state index is 5.71. The van der Waals surface area contributed by atoms with E-state index in [-0.39, 0.29) is 17.9 Å². The van der Waals surface area contributed by atoms with Crippen molar-refractivity contribution in [3.05, 3.63) is 12.8 Å². The Balaban J connectivity index is 0. The van der Waals surface area contributed by atoms with Crippen LogP contribution >= 0.6 is 12.4 Å². The van der Waals surface area contributed by atoms with Gasteiger partial charge in [-0.3, -0.25) is 0 Å². The molecule has 0 fully saturated rings. The highest BCUT2D eigenvalue weighted by Gasteiger charge is 2.08. The molecule has 0 aromatic carbocycles. The molecule has 0 saturated heterocycles. The number of hydrogen-bond donors (Lipinski definition) is 1. The van der Waals surface area contributed by atoms with E-state index in [1.54, 1.807) is 0 Å². The number of hydrogen-bond acceptors (Lipinski definition) is 3. The second-order valence-electron chi connectivity index (χ2n) is 3.03. The fourth-order valence-corrected chi connectivity index (χ4v) is 0.476. The first-order valence-corrected chi connectivity index (χ1v) is 3.57. The van der Waals surface area contributed by atoms with E-state index in [1.165, 1.54) is 6.20 Å². The molecule has 70 valence electrons. The van der Waals surface area contributed by atoms with Crippen LogP contribution in [0.1, 0.15) is 20.3 Å². The number of aliphatic imine (C=N–C) groups is 2. The Morgan fingerprint density at radius 2 is 2.17 bits per heavy atom. The second kappa shape index (κ2) is 7.04. The summed E-state index contributed by atoms with van der Waals surface area (Å²) in [5, 5.41) is 0. The van der Waals surface area contributed by atoms with Crippen LogP contribution in [-0.2, 0) is 0 Å². The van der Waals surface area contributed by atoms with Crippen LogP contribution in [-0.4, -0.2) is 18.1 Å². The van der Waals surface area contributed by atoms with Gasteiger partial charge in [0.05, 0.1) is 12.6 Å². The van der Waals surface area contributed by atoms with Crippen LogP contribution in [0.3, 0.4) is 0 Å². The SMILES string of the molecule is C=CN=C=NCCC(C)(C)N.Cl. The predicted molar refractivity (Wildman–Crippen MR) is 55.1 cm³/mol. The molecule has 0 radical (unpaired) electrons. The van der Waals surface area contributed by atoms with E-state index in [2.05, 4.69) is 22.6 Å². The Bertz CT molecular complexity index is 175. The Morgan fingerprint density at radius 3 is 2.58 bits per heavy atom. The van der Waals surface area contributed by atoms with Crippen molar-refractivity contribution in [1.82, 2.24) is 0 Å². The van der Waals surface area contributed by atoms with E-state index >= 15 is 0 Å². The highest BCUT2D eigenvalue weighted by atomic mass is 35.5. The zero-order valence-electron chi connectivity index (χ0n) is 7.58. The van der Waals surface area contributed by atoms with E-state index < -0.39 is 0 Å². The summed E-state index contributed by atoms with van der Waals surface area (Å²) in [7, 11) is 0. The fraction of sp³-hybridized carbons (Fsp3) is 0.625. The molecular weight excluding hydrogens is 174 g/mol. The summed E-state index contributed by atoms with van der Waals surface area (Å²) in [5.41, 5.74) is 5.56. The summed E-state index contributed by atoms with van der Waals surface area (Å²) in [6.07, 6.45) is 2.24. The largest absolute Gasteiger partial charge is 0.325 e. The van der Waals surface area contributed by atoms with Crippen LogP contribution in [0.25, 0.3) is 0 Å². The maximum Gasteiger partial charge on any atom is 0.0942 e. The van der Waals surface area contributed by atoms with Crippen molar-refractivity contribution < 1.29 is 0 Å². The molecule has 0 aliphatic rings. The molecule has 12 heavy (non-hydrogen) atoms. The molecule has 0 aliphatic carbocycles. The number of rotatable bonds is 4. The maximum atomic E-state index is 5.71. The predicted octanol–water partition coefficient (Wildman–Crippen LogP) is 1.85. The van der Waals surface area contributed by atoms with Crippen LogP contribution < -0.4 is 5.73 Å². The van der Waals surface area contributed by atoms with Crippen molar-refractivity contribution in [2.75, 3.05) is 6.54 Å². The van der Waals surface area contributed by atoms with E-state index in [4.69, 9.17) is 5.73 Å². The summed E-state index contributed by atoms with van der Waals surface area (Å²) in [4.78, 5) is 7.48. The average Bonchev–Trinajstić information content (AvgIpc) is 1.85. The first kappa shape index (κ1) is 13.9. The third kappa shape index (κ3) is 12.1. The lowest BCUT2D eigenvalue weighted by Gasteiger charge is -2.15. The van der Waals surface area contributed by atoms with Gasteiger partial charge in [0.15, 0.2) is 0 Å². The number of halogens is 1. The van der Waals surface area contributed by atoms with Gasteiger partial charge in [-0.25, -0.2) is 4.99 Å². The molecule has 0 aliphatic heterocycles. The van der Waals surface area contributed by atoms with Gasteiger partial charge in [-0.2, -0.15) is 4.99 Å². The molecule has 2 N–H and O–H groups in total. The molecule has 0 aromatic heterocycles. The first-order chi connectivity index (χ1) is 5.06. The molecule has 4 heteroatoms. The van der Waals surface area contributed by atoms with Gasteiger partial charge in [0.2, 0.25) is 0 Å². The van der Waals surface area contributed by atoms with Crippen molar-refractivity contribution >= 4 is 18.4 Å². The molecule has 0 amide bonds. The lowest BCUT2D eigenvalue weighted by atomic mass is 10.0. The molecule has 0 heterocycles. The Kier molecular flexibility index (Phi) is 8.17. The van der Waals surface area contributed by atoms with Gasteiger partial charge >= 0.3 is 0 Å². The van der Waals surface area contributed by atoms with Gasteiger partial charge in [-0.05, 0) is 20.3 Å². The molecule has 0 rings (SSSR count). The third-order valence-corrected chi connectivity index (χ3v) is 1.09. The summed E-state index contributed by atoms with van der Waals surface area (Å²) in [6, 6.07) is 2.48. The normalized spacial score (nSPS) is 9.25. The van der Waals surface area contributed by atoms with Gasteiger partial charge in [0, 0.05) is 11.7 Å². The molecule has 0 unspecified atom stereocenters. The zero-order valence-corrected chi connectivity index (χ0v) is 8.40. The molecule has 0 bridgehead atoms. The number of nitrogens with two attached hydrogens (primary N) is 1. The van der Waals surface area contributed by atoms with Gasteiger partial charge in [-0.1, -0.05) is 6.58 Å². The lowest BCUT2D eigenvalue weighted by molar-refractivity contribution is 0.485. The smallest absolute Gasteiger partial charge is 0.0942 e. The highest BCUT2D eigenvalue weighted by Crippen LogP contribution is 2.01. The molecule has 0 saturated carbocycles. The third-order valence-electron chi connectivity index (χ3n) is 1.09. The van der Waals surface area contributed by atoms with E-state index in [0.29, 0.717) is 6.54 Å². The van der Waals surface area contributed by atoms with Crippen LogP contribution in [0.4, 0.5) is 0 Å². The molecule has 3 nitrogen and oxygen atoms in total. The Labute approximate surface area is 79.9 Å². The Morgan fingerprint density at radius 1 is 1.58 bits per heavy atom. The van der Waals surface area contributed by atoms with Gasteiger partial charge < -0.3 is 5.73 Å². The quantitative estimate of drug-likeness (QED) is 0.675. The Hall–Kier alpha value is -0.630. The van der Waals surface area contributed by atoms with Crippen molar-refractivity contribution in [2.24, 2.45) is 15.7 Å². The molecule has 0 atom stereocenters. The van der Waals surface area contributed by atoms with Crippen molar-refractivity contribution in [2.45, 2.75) is 25.8 Å². The molecule has 0 spiro atoms. The number of nitrogens with zero attached hydrogens (tertiary/aromatic N) is 2. The van der Waals surface area contributed by atoms with E-state index in [1.807, 2.05) is 13.8 Å². The van der Waals surface area contributed by atoms with Gasteiger partial charge in [0.25, 0.3) is 0 Å². The van der Waals surface area contributed by atoms with Crippen molar-refractivity contribution in [1.29, 1.82) is 0 Å². The minimum Gasteiger partial charge on any atom is -0.325 e. The van der Waals surface area contributed by atoms with Crippen LogP contribution in [0, 0.1) is 0 Å². The van der Waals surface area contributed by atoms with Crippen LogP contribution in [0.2, 0.25) is 0 Å². The summed E-state index contributed by atoms with van der Waals surface area (Å²) < 4.78 is 0. The lowest BCUT2D eigenvalue weighted by Crippen LogP contribution is -2.32. The van der Waals surface area contributed by atoms with E-state index in [0.717, 1.165) is 6.42 Å². The van der Waals surface area contributed by atoms with E-state index in [9.17, 15) is 0 Å². The van der Waals surface area contributed by atoms with Crippen molar-refractivity contribution in [3.63, 3.8) is 0 Å². The average molecular weight is 190 g/mol. The monoisotopic (exact) mass is 189 g/mol. The minimum atomic E-state index is -0.153. The minimum absolute atomic E-state index is 0. The topological polar surface area (TPSA) is 50.7 Å². The van der Waals surface area contributed by atoms with Crippen LogP contribution in [0.15, 0.2) is 22.8 Å². The van der Waals surface area contributed by atoms with Crippen molar-refractivity contribution in [3.8, 4) is 0 Å².